The van der Waals surface area contributed by atoms with Crippen molar-refractivity contribution in [2.75, 3.05) is 33.4 Å². The second-order valence-electron chi connectivity index (χ2n) is 6.23. The van der Waals surface area contributed by atoms with E-state index in [1.807, 2.05) is 24.3 Å². The summed E-state index contributed by atoms with van der Waals surface area (Å²) >= 11 is 0. The SMILES string of the molecule is COc1cccc(CN2CCN(C(=O)COc3cccc(F)c3)CC2=O)c1. The number of ether oxygens (including phenoxy) is 2. The maximum Gasteiger partial charge on any atom is 0.261 e. The van der Waals surface area contributed by atoms with Crippen LogP contribution in [-0.4, -0.2) is 55.0 Å². The van der Waals surface area contributed by atoms with Crippen LogP contribution in [0.1, 0.15) is 5.56 Å². The first kappa shape index (κ1) is 18.7. The quantitative estimate of drug-likeness (QED) is 0.779. The number of hydrogen-bond acceptors (Lipinski definition) is 4. The Labute approximate surface area is 157 Å². The monoisotopic (exact) mass is 372 g/mol. The summed E-state index contributed by atoms with van der Waals surface area (Å²) in [6.07, 6.45) is 0. The number of carbonyl (C=O) groups is 2. The lowest BCUT2D eigenvalue weighted by Crippen LogP contribution is -2.52. The van der Waals surface area contributed by atoms with Crippen LogP contribution in [0.4, 0.5) is 4.39 Å². The lowest BCUT2D eigenvalue weighted by molar-refractivity contribution is -0.146. The molecule has 0 N–H and O–H groups in total. The van der Waals surface area contributed by atoms with Crippen LogP contribution in [-0.2, 0) is 16.1 Å². The van der Waals surface area contributed by atoms with E-state index in [0.717, 1.165) is 11.3 Å². The predicted molar refractivity (Wildman–Crippen MR) is 96.9 cm³/mol. The topological polar surface area (TPSA) is 59.1 Å². The minimum absolute atomic E-state index is 0.00924. The van der Waals surface area contributed by atoms with Gasteiger partial charge in [0.25, 0.3) is 5.91 Å². The predicted octanol–water partition coefficient (Wildman–Crippen LogP) is 2.08. The van der Waals surface area contributed by atoms with Gasteiger partial charge in [0.05, 0.1) is 13.7 Å². The van der Waals surface area contributed by atoms with Crippen molar-refractivity contribution in [1.82, 2.24) is 9.80 Å². The molecule has 0 aliphatic carbocycles. The molecule has 1 aliphatic rings. The van der Waals surface area contributed by atoms with Crippen molar-refractivity contribution in [1.29, 1.82) is 0 Å². The van der Waals surface area contributed by atoms with E-state index in [0.29, 0.717) is 19.6 Å². The van der Waals surface area contributed by atoms with E-state index in [2.05, 4.69) is 0 Å². The third-order valence-corrected chi connectivity index (χ3v) is 4.34. The number of amides is 2. The van der Waals surface area contributed by atoms with E-state index in [1.54, 1.807) is 18.1 Å². The molecule has 3 rings (SSSR count). The highest BCUT2D eigenvalue weighted by Gasteiger charge is 2.27. The summed E-state index contributed by atoms with van der Waals surface area (Å²) in [6, 6.07) is 13.1. The molecule has 0 atom stereocenters. The van der Waals surface area contributed by atoms with Gasteiger partial charge in [-0.1, -0.05) is 18.2 Å². The van der Waals surface area contributed by atoms with Crippen LogP contribution >= 0.6 is 0 Å². The second kappa shape index (κ2) is 8.53. The molecule has 0 aromatic heterocycles. The summed E-state index contributed by atoms with van der Waals surface area (Å²) in [7, 11) is 1.60. The highest BCUT2D eigenvalue weighted by Crippen LogP contribution is 2.16. The largest absolute Gasteiger partial charge is 0.497 e. The highest BCUT2D eigenvalue weighted by atomic mass is 19.1. The molecule has 0 spiro atoms. The average molecular weight is 372 g/mol. The van der Waals surface area contributed by atoms with Crippen molar-refractivity contribution in [3.8, 4) is 11.5 Å². The third kappa shape index (κ3) is 4.97. The summed E-state index contributed by atoms with van der Waals surface area (Å²) in [5.74, 6) is 0.174. The Morgan fingerprint density at radius 2 is 1.89 bits per heavy atom. The summed E-state index contributed by atoms with van der Waals surface area (Å²) in [5.41, 5.74) is 0.969. The van der Waals surface area contributed by atoms with Crippen LogP contribution in [0.15, 0.2) is 48.5 Å². The van der Waals surface area contributed by atoms with Crippen molar-refractivity contribution in [3.05, 3.63) is 59.9 Å². The van der Waals surface area contributed by atoms with Gasteiger partial charge >= 0.3 is 0 Å². The van der Waals surface area contributed by atoms with Crippen molar-refractivity contribution in [2.24, 2.45) is 0 Å². The summed E-state index contributed by atoms with van der Waals surface area (Å²) in [5, 5.41) is 0. The van der Waals surface area contributed by atoms with Gasteiger partial charge in [-0.2, -0.15) is 0 Å². The first-order chi connectivity index (χ1) is 13.0. The van der Waals surface area contributed by atoms with E-state index >= 15 is 0 Å². The Morgan fingerprint density at radius 1 is 1.11 bits per heavy atom. The van der Waals surface area contributed by atoms with E-state index < -0.39 is 5.82 Å². The Bertz CT molecular complexity index is 827. The van der Waals surface area contributed by atoms with E-state index in [9.17, 15) is 14.0 Å². The van der Waals surface area contributed by atoms with Crippen LogP contribution in [0, 0.1) is 5.82 Å². The standard InChI is InChI=1S/C20H21FN2O4/c1-26-17-6-2-4-15(10-17)12-22-8-9-23(13-19(22)24)20(25)14-27-18-7-3-5-16(21)11-18/h2-7,10-11H,8-9,12-14H2,1H3. The van der Waals surface area contributed by atoms with Gasteiger partial charge in [-0.15, -0.1) is 0 Å². The van der Waals surface area contributed by atoms with Gasteiger partial charge in [-0.25, -0.2) is 4.39 Å². The van der Waals surface area contributed by atoms with Gasteiger partial charge in [-0.3, -0.25) is 9.59 Å². The molecule has 0 saturated carbocycles. The molecule has 2 aromatic carbocycles. The first-order valence-corrected chi connectivity index (χ1v) is 8.62. The number of nitrogens with zero attached hydrogens (tertiary/aromatic N) is 2. The van der Waals surface area contributed by atoms with E-state index in [4.69, 9.17) is 9.47 Å². The Balaban J connectivity index is 1.51. The zero-order valence-electron chi connectivity index (χ0n) is 15.1. The molecule has 1 fully saturated rings. The molecule has 1 heterocycles. The summed E-state index contributed by atoms with van der Waals surface area (Å²) in [4.78, 5) is 27.8. The maximum absolute atomic E-state index is 13.1. The number of carbonyl (C=O) groups excluding carboxylic acids is 2. The fraction of sp³-hybridized carbons (Fsp3) is 0.300. The number of benzene rings is 2. The maximum atomic E-state index is 13.1. The smallest absolute Gasteiger partial charge is 0.261 e. The highest BCUT2D eigenvalue weighted by molar-refractivity contribution is 5.86. The normalized spacial score (nSPS) is 14.2. The molecule has 142 valence electrons. The molecule has 0 unspecified atom stereocenters. The van der Waals surface area contributed by atoms with Crippen LogP contribution in [0.2, 0.25) is 0 Å². The molecule has 0 bridgehead atoms. The molecule has 1 saturated heterocycles. The fourth-order valence-electron chi connectivity index (χ4n) is 2.87. The van der Waals surface area contributed by atoms with E-state index in [1.165, 1.54) is 23.1 Å². The van der Waals surface area contributed by atoms with Crippen LogP contribution in [0.25, 0.3) is 0 Å². The number of halogens is 1. The molecule has 6 nitrogen and oxygen atoms in total. The van der Waals surface area contributed by atoms with E-state index in [-0.39, 0.29) is 30.7 Å². The van der Waals surface area contributed by atoms with Gasteiger partial charge in [0, 0.05) is 25.7 Å². The summed E-state index contributed by atoms with van der Waals surface area (Å²) in [6.45, 7) is 1.13. The molecular weight excluding hydrogens is 351 g/mol. The second-order valence-corrected chi connectivity index (χ2v) is 6.23. The Hall–Kier alpha value is -3.09. The van der Waals surface area contributed by atoms with Crippen LogP contribution < -0.4 is 9.47 Å². The molecular formula is C20H21FN2O4. The molecule has 27 heavy (non-hydrogen) atoms. The Kier molecular flexibility index (Phi) is 5.90. The van der Waals surface area contributed by atoms with Crippen molar-refractivity contribution < 1.29 is 23.5 Å². The zero-order valence-corrected chi connectivity index (χ0v) is 15.1. The summed E-state index contributed by atoms with van der Waals surface area (Å²) < 4.78 is 23.6. The van der Waals surface area contributed by atoms with Crippen molar-refractivity contribution in [3.63, 3.8) is 0 Å². The number of methoxy groups -OCH3 is 1. The minimum atomic E-state index is -0.429. The average Bonchev–Trinajstić information content (AvgIpc) is 2.68. The van der Waals surface area contributed by atoms with Gasteiger partial charge < -0.3 is 19.3 Å². The molecule has 2 aromatic rings. The number of piperazine rings is 1. The first-order valence-electron chi connectivity index (χ1n) is 8.62. The molecule has 0 radical (unpaired) electrons. The van der Waals surface area contributed by atoms with Gasteiger partial charge in [0.1, 0.15) is 17.3 Å². The lowest BCUT2D eigenvalue weighted by Gasteiger charge is -2.34. The van der Waals surface area contributed by atoms with Crippen molar-refractivity contribution >= 4 is 11.8 Å². The van der Waals surface area contributed by atoms with Crippen LogP contribution in [0.3, 0.4) is 0 Å². The zero-order chi connectivity index (χ0) is 19.2. The minimum Gasteiger partial charge on any atom is -0.497 e. The lowest BCUT2D eigenvalue weighted by atomic mass is 10.2. The van der Waals surface area contributed by atoms with Gasteiger partial charge in [0.2, 0.25) is 5.91 Å². The molecule has 1 aliphatic heterocycles. The number of hydrogen-bond donors (Lipinski definition) is 0. The third-order valence-electron chi connectivity index (χ3n) is 4.34. The van der Waals surface area contributed by atoms with Crippen LogP contribution in [0.5, 0.6) is 11.5 Å². The number of rotatable bonds is 6. The molecule has 7 heteroatoms. The fourth-order valence-corrected chi connectivity index (χ4v) is 2.87. The van der Waals surface area contributed by atoms with Gasteiger partial charge in [-0.05, 0) is 29.8 Å². The van der Waals surface area contributed by atoms with Crippen molar-refractivity contribution in [2.45, 2.75) is 6.54 Å². The van der Waals surface area contributed by atoms with Gasteiger partial charge in [0.15, 0.2) is 6.61 Å². The Morgan fingerprint density at radius 3 is 2.63 bits per heavy atom. The molecule has 2 amide bonds.